The van der Waals surface area contributed by atoms with Crippen LogP contribution in [0.2, 0.25) is 0 Å². The Morgan fingerprint density at radius 1 is 1.14 bits per heavy atom. The van der Waals surface area contributed by atoms with E-state index in [1.54, 1.807) is 12.1 Å². The SMILES string of the molecule is Cc1cc(SCC(=O)Nc2nc(-c3ccc(F)cc3)cs2)nc2ccccc12. The van der Waals surface area contributed by atoms with Gasteiger partial charge in [-0.15, -0.1) is 11.3 Å². The Morgan fingerprint density at radius 3 is 2.75 bits per heavy atom. The lowest BCUT2D eigenvalue weighted by Gasteiger charge is -2.06. The number of amides is 1. The Labute approximate surface area is 169 Å². The molecule has 2 heterocycles. The molecule has 0 saturated carbocycles. The van der Waals surface area contributed by atoms with Crippen molar-refractivity contribution in [3.05, 3.63) is 71.4 Å². The van der Waals surface area contributed by atoms with Gasteiger partial charge in [0.25, 0.3) is 0 Å². The molecule has 0 unspecified atom stereocenters. The molecule has 140 valence electrons. The number of benzene rings is 2. The highest BCUT2D eigenvalue weighted by Gasteiger charge is 2.10. The normalized spacial score (nSPS) is 10.9. The van der Waals surface area contributed by atoms with Gasteiger partial charge in [0.1, 0.15) is 5.82 Å². The summed E-state index contributed by atoms with van der Waals surface area (Å²) in [6.45, 7) is 2.04. The van der Waals surface area contributed by atoms with Gasteiger partial charge in [0, 0.05) is 16.3 Å². The number of carbonyl (C=O) groups excluding carboxylic acids is 1. The molecule has 0 saturated heterocycles. The highest BCUT2D eigenvalue weighted by atomic mass is 32.2. The third-order valence-corrected chi connectivity index (χ3v) is 5.81. The summed E-state index contributed by atoms with van der Waals surface area (Å²) in [5, 5.41) is 7.10. The minimum atomic E-state index is -0.290. The standard InChI is InChI=1S/C21H16FN3OS2/c1-13-10-20(23-17-5-3-2-4-16(13)17)27-12-19(26)25-21-24-18(11-28-21)14-6-8-15(22)9-7-14/h2-11H,12H2,1H3,(H,24,25,26). The van der Waals surface area contributed by atoms with Crippen molar-refractivity contribution in [2.75, 3.05) is 11.1 Å². The Bertz CT molecular complexity index is 1140. The van der Waals surface area contributed by atoms with E-state index in [0.717, 1.165) is 27.1 Å². The first-order valence-electron chi connectivity index (χ1n) is 8.59. The molecule has 0 spiro atoms. The maximum atomic E-state index is 13.0. The molecule has 1 N–H and O–H groups in total. The zero-order valence-corrected chi connectivity index (χ0v) is 16.6. The molecular formula is C21H16FN3OS2. The average Bonchev–Trinajstić information content (AvgIpc) is 3.15. The highest BCUT2D eigenvalue weighted by Crippen LogP contribution is 2.26. The van der Waals surface area contributed by atoms with Gasteiger partial charge in [-0.3, -0.25) is 4.79 Å². The lowest BCUT2D eigenvalue weighted by atomic mass is 10.1. The Morgan fingerprint density at radius 2 is 1.93 bits per heavy atom. The fourth-order valence-electron chi connectivity index (χ4n) is 2.77. The molecule has 0 aliphatic heterocycles. The van der Waals surface area contributed by atoms with Crippen LogP contribution in [0.15, 0.2) is 65.0 Å². The van der Waals surface area contributed by atoms with Crippen LogP contribution in [0.25, 0.3) is 22.2 Å². The van der Waals surface area contributed by atoms with Crippen molar-refractivity contribution in [1.29, 1.82) is 0 Å². The molecule has 0 bridgehead atoms. The lowest BCUT2D eigenvalue weighted by molar-refractivity contribution is -0.113. The third-order valence-electron chi connectivity index (χ3n) is 4.14. The number of pyridine rings is 1. The summed E-state index contributed by atoms with van der Waals surface area (Å²) in [7, 11) is 0. The monoisotopic (exact) mass is 409 g/mol. The molecule has 0 radical (unpaired) electrons. The van der Waals surface area contributed by atoms with Gasteiger partial charge in [0.15, 0.2) is 5.13 Å². The molecule has 4 aromatic rings. The fraction of sp³-hybridized carbons (Fsp3) is 0.0952. The van der Waals surface area contributed by atoms with Gasteiger partial charge in [-0.2, -0.15) is 0 Å². The third kappa shape index (κ3) is 4.21. The second-order valence-corrected chi connectivity index (χ2v) is 8.03. The zero-order valence-electron chi connectivity index (χ0n) is 15.0. The zero-order chi connectivity index (χ0) is 19.5. The van der Waals surface area contributed by atoms with Crippen molar-refractivity contribution in [2.24, 2.45) is 0 Å². The lowest BCUT2D eigenvalue weighted by Crippen LogP contribution is -2.13. The number of aromatic nitrogens is 2. The van der Waals surface area contributed by atoms with E-state index >= 15 is 0 Å². The van der Waals surface area contributed by atoms with Gasteiger partial charge >= 0.3 is 0 Å². The van der Waals surface area contributed by atoms with Gasteiger partial charge in [-0.1, -0.05) is 30.0 Å². The van der Waals surface area contributed by atoms with E-state index in [9.17, 15) is 9.18 Å². The van der Waals surface area contributed by atoms with Gasteiger partial charge < -0.3 is 5.32 Å². The van der Waals surface area contributed by atoms with Gasteiger partial charge in [0.2, 0.25) is 5.91 Å². The number of thioether (sulfide) groups is 1. The number of nitrogens with one attached hydrogen (secondary N) is 1. The van der Waals surface area contributed by atoms with E-state index < -0.39 is 0 Å². The van der Waals surface area contributed by atoms with E-state index in [-0.39, 0.29) is 17.5 Å². The molecular weight excluding hydrogens is 393 g/mol. The smallest absolute Gasteiger partial charge is 0.236 e. The molecule has 4 nitrogen and oxygen atoms in total. The number of hydrogen-bond acceptors (Lipinski definition) is 5. The number of nitrogens with zero attached hydrogens (tertiary/aromatic N) is 2. The summed E-state index contributed by atoms with van der Waals surface area (Å²) in [6.07, 6.45) is 0. The number of aryl methyl sites for hydroxylation is 1. The van der Waals surface area contributed by atoms with E-state index in [2.05, 4.69) is 15.3 Å². The fourth-order valence-corrected chi connectivity index (χ4v) is 4.28. The van der Waals surface area contributed by atoms with Crippen LogP contribution in [0.3, 0.4) is 0 Å². The van der Waals surface area contributed by atoms with Crippen LogP contribution < -0.4 is 5.32 Å². The second-order valence-electron chi connectivity index (χ2n) is 6.18. The number of thiazole rings is 1. The maximum absolute atomic E-state index is 13.0. The van der Waals surface area contributed by atoms with E-state index in [0.29, 0.717) is 10.8 Å². The number of fused-ring (bicyclic) bond motifs is 1. The Kier molecular flexibility index (Phi) is 5.36. The average molecular weight is 410 g/mol. The molecule has 0 fully saturated rings. The largest absolute Gasteiger partial charge is 0.301 e. The van der Waals surface area contributed by atoms with Crippen LogP contribution in [0.1, 0.15) is 5.56 Å². The molecule has 0 aliphatic carbocycles. The Balaban J connectivity index is 1.39. The first-order chi connectivity index (χ1) is 13.6. The molecule has 7 heteroatoms. The Hall–Kier alpha value is -2.77. The number of rotatable bonds is 5. The molecule has 4 rings (SSSR count). The first-order valence-corrected chi connectivity index (χ1v) is 10.5. The molecule has 1 amide bonds. The van der Waals surface area contributed by atoms with E-state index in [1.165, 1.54) is 35.2 Å². The van der Waals surface area contributed by atoms with Crippen molar-refractivity contribution in [1.82, 2.24) is 9.97 Å². The van der Waals surface area contributed by atoms with Gasteiger partial charge in [-0.05, 0) is 48.9 Å². The van der Waals surface area contributed by atoms with Crippen molar-refractivity contribution in [3.8, 4) is 11.3 Å². The highest BCUT2D eigenvalue weighted by molar-refractivity contribution is 7.99. The van der Waals surface area contributed by atoms with Crippen LogP contribution >= 0.6 is 23.1 Å². The van der Waals surface area contributed by atoms with Crippen LogP contribution in [0.5, 0.6) is 0 Å². The first kappa shape index (κ1) is 18.6. The quantitative estimate of drug-likeness (QED) is 0.440. The summed E-state index contributed by atoms with van der Waals surface area (Å²) in [5.74, 6) is -0.185. The molecule has 0 aliphatic rings. The minimum Gasteiger partial charge on any atom is -0.301 e. The van der Waals surface area contributed by atoms with Gasteiger partial charge in [-0.25, -0.2) is 14.4 Å². The summed E-state index contributed by atoms with van der Waals surface area (Å²) in [5.41, 5.74) is 3.58. The summed E-state index contributed by atoms with van der Waals surface area (Å²) >= 11 is 2.73. The van der Waals surface area contributed by atoms with Crippen molar-refractivity contribution >= 4 is 45.0 Å². The van der Waals surface area contributed by atoms with Crippen LogP contribution in [-0.4, -0.2) is 21.6 Å². The van der Waals surface area contributed by atoms with Crippen molar-refractivity contribution < 1.29 is 9.18 Å². The summed E-state index contributed by atoms with van der Waals surface area (Å²) in [4.78, 5) is 21.3. The maximum Gasteiger partial charge on any atom is 0.236 e. The molecule has 0 atom stereocenters. The number of carbonyl (C=O) groups is 1. The topological polar surface area (TPSA) is 54.9 Å². The van der Waals surface area contributed by atoms with Crippen LogP contribution in [-0.2, 0) is 4.79 Å². The van der Waals surface area contributed by atoms with Crippen LogP contribution in [0.4, 0.5) is 9.52 Å². The van der Waals surface area contributed by atoms with Crippen molar-refractivity contribution in [2.45, 2.75) is 11.9 Å². The molecule has 2 aromatic heterocycles. The van der Waals surface area contributed by atoms with Crippen molar-refractivity contribution in [3.63, 3.8) is 0 Å². The van der Waals surface area contributed by atoms with E-state index in [1.807, 2.05) is 42.6 Å². The summed E-state index contributed by atoms with van der Waals surface area (Å²) < 4.78 is 13.0. The number of halogens is 1. The predicted molar refractivity (Wildman–Crippen MR) is 113 cm³/mol. The molecule has 2 aromatic carbocycles. The second kappa shape index (κ2) is 8.08. The predicted octanol–water partition coefficient (Wildman–Crippen LogP) is 5.54. The number of anilines is 1. The summed E-state index contributed by atoms with van der Waals surface area (Å²) in [6, 6.07) is 16.1. The number of para-hydroxylation sites is 1. The minimum absolute atomic E-state index is 0.141. The van der Waals surface area contributed by atoms with Gasteiger partial charge in [0.05, 0.1) is 22.0 Å². The molecule has 28 heavy (non-hydrogen) atoms. The number of hydrogen-bond donors (Lipinski definition) is 1. The van der Waals surface area contributed by atoms with Crippen LogP contribution in [0, 0.1) is 12.7 Å². The van der Waals surface area contributed by atoms with E-state index in [4.69, 9.17) is 0 Å².